The van der Waals surface area contributed by atoms with Gasteiger partial charge in [0.2, 0.25) is 5.91 Å². The van der Waals surface area contributed by atoms with Crippen LogP contribution in [0, 0.1) is 13.8 Å². The summed E-state index contributed by atoms with van der Waals surface area (Å²) in [4.78, 5) is 35.9. The topological polar surface area (TPSA) is 95.5 Å². The minimum atomic E-state index is -1.10. The first-order chi connectivity index (χ1) is 12.8. The maximum absolute atomic E-state index is 12.1. The number of nitrogens with one attached hydrogen (secondary N) is 2. The Hall–Kier alpha value is -2.80. The fraction of sp³-hybridized carbons (Fsp3) is 0.250. The predicted octanol–water partition coefficient (Wildman–Crippen LogP) is 3.24. The van der Waals surface area contributed by atoms with E-state index < -0.39 is 17.9 Å². The molecule has 0 bridgehead atoms. The summed E-state index contributed by atoms with van der Waals surface area (Å²) >= 11 is 1.47. The largest absolute Gasteiger partial charge is 0.480 e. The molecule has 27 heavy (non-hydrogen) atoms. The molecule has 0 aliphatic heterocycles. The molecule has 0 saturated heterocycles. The van der Waals surface area contributed by atoms with E-state index in [4.69, 9.17) is 5.11 Å². The van der Waals surface area contributed by atoms with Gasteiger partial charge in [-0.2, -0.15) is 0 Å². The second-order valence-corrected chi connectivity index (χ2v) is 7.23. The first kappa shape index (κ1) is 20.5. The minimum absolute atomic E-state index is 0.142. The van der Waals surface area contributed by atoms with Gasteiger partial charge in [-0.15, -0.1) is 11.8 Å². The number of carbonyl (C=O) groups excluding carboxylic acids is 2. The van der Waals surface area contributed by atoms with Crippen molar-refractivity contribution in [3.8, 4) is 0 Å². The van der Waals surface area contributed by atoms with Gasteiger partial charge in [0.15, 0.2) is 0 Å². The molecule has 0 fully saturated rings. The lowest BCUT2D eigenvalue weighted by Crippen LogP contribution is -2.38. The third-order valence-electron chi connectivity index (χ3n) is 3.84. The maximum Gasteiger partial charge on any atom is 0.325 e. The zero-order valence-corrected chi connectivity index (χ0v) is 16.2. The highest BCUT2D eigenvalue weighted by molar-refractivity contribution is 8.00. The fourth-order valence-electron chi connectivity index (χ4n) is 2.35. The monoisotopic (exact) mass is 386 g/mol. The lowest BCUT2D eigenvalue weighted by Gasteiger charge is -2.10. The predicted molar refractivity (Wildman–Crippen MR) is 106 cm³/mol. The van der Waals surface area contributed by atoms with Gasteiger partial charge >= 0.3 is 5.97 Å². The smallest absolute Gasteiger partial charge is 0.325 e. The van der Waals surface area contributed by atoms with E-state index in [2.05, 4.69) is 16.7 Å². The van der Waals surface area contributed by atoms with E-state index in [0.717, 1.165) is 10.5 Å². The molecule has 142 valence electrons. The summed E-state index contributed by atoms with van der Waals surface area (Å²) in [6, 6.07) is 11.4. The number of anilines is 1. The number of carboxylic acids is 1. The molecule has 0 aromatic heterocycles. The molecule has 6 nitrogen and oxygen atoms in total. The van der Waals surface area contributed by atoms with Crippen molar-refractivity contribution in [1.82, 2.24) is 5.32 Å². The van der Waals surface area contributed by atoms with Crippen molar-refractivity contribution < 1.29 is 19.5 Å². The molecule has 2 rings (SSSR count). The number of carboxylic acid groups (broad SMARTS) is 1. The third kappa shape index (κ3) is 6.14. The van der Waals surface area contributed by atoms with Crippen LogP contribution in [0.2, 0.25) is 0 Å². The Labute approximate surface area is 162 Å². The van der Waals surface area contributed by atoms with Gasteiger partial charge in [0.05, 0.1) is 5.75 Å². The number of carbonyl (C=O) groups is 3. The lowest BCUT2D eigenvalue weighted by molar-refractivity contribution is -0.138. The number of benzene rings is 2. The number of aliphatic carboxylic acids is 1. The quantitative estimate of drug-likeness (QED) is 0.635. The minimum Gasteiger partial charge on any atom is -0.480 e. The van der Waals surface area contributed by atoms with Crippen LogP contribution in [0.15, 0.2) is 47.4 Å². The van der Waals surface area contributed by atoms with Crippen LogP contribution in [-0.4, -0.2) is 34.7 Å². The van der Waals surface area contributed by atoms with E-state index in [9.17, 15) is 14.4 Å². The summed E-state index contributed by atoms with van der Waals surface area (Å²) in [5.74, 6) is -1.44. The van der Waals surface area contributed by atoms with Gasteiger partial charge in [0.25, 0.3) is 5.91 Å². The van der Waals surface area contributed by atoms with Gasteiger partial charge in [-0.05, 0) is 56.7 Å². The lowest BCUT2D eigenvalue weighted by atomic mass is 10.2. The molecule has 0 spiro atoms. The van der Waals surface area contributed by atoms with Gasteiger partial charge in [0, 0.05) is 16.1 Å². The highest BCUT2D eigenvalue weighted by Gasteiger charge is 2.15. The van der Waals surface area contributed by atoms with Crippen molar-refractivity contribution in [2.45, 2.75) is 31.7 Å². The number of amides is 2. The number of hydrogen-bond acceptors (Lipinski definition) is 4. The zero-order valence-electron chi connectivity index (χ0n) is 15.4. The van der Waals surface area contributed by atoms with E-state index in [1.807, 2.05) is 26.0 Å². The third-order valence-corrected chi connectivity index (χ3v) is 5.01. The number of aryl methyl sites for hydroxylation is 2. The Bertz CT molecular complexity index is 850. The van der Waals surface area contributed by atoms with Crippen molar-refractivity contribution in [3.63, 3.8) is 0 Å². The molecule has 2 aromatic rings. The van der Waals surface area contributed by atoms with Gasteiger partial charge in [-0.1, -0.05) is 17.7 Å². The summed E-state index contributed by atoms with van der Waals surface area (Å²) in [5.41, 5.74) is 3.22. The van der Waals surface area contributed by atoms with E-state index in [-0.39, 0.29) is 11.7 Å². The maximum atomic E-state index is 12.1. The average Bonchev–Trinajstić information content (AvgIpc) is 2.61. The van der Waals surface area contributed by atoms with Crippen LogP contribution < -0.4 is 10.6 Å². The highest BCUT2D eigenvalue weighted by atomic mass is 32.2. The molecule has 2 amide bonds. The van der Waals surface area contributed by atoms with Crippen LogP contribution in [0.5, 0.6) is 0 Å². The van der Waals surface area contributed by atoms with Crippen LogP contribution in [0.3, 0.4) is 0 Å². The normalized spacial score (nSPS) is 11.5. The molecule has 0 radical (unpaired) electrons. The molecular formula is C20H22N2O4S. The van der Waals surface area contributed by atoms with Gasteiger partial charge < -0.3 is 15.7 Å². The van der Waals surface area contributed by atoms with Crippen molar-refractivity contribution in [2.24, 2.45) is 0 Å². The Kier molecular flexibility index (Phi) is 7.01. The number of hydrogen-bond donors (Lipinski definition) is 3. The van der Waals surface area contributed by atoms with E-state index in [0.29, 0.717) is 11.3 Å². The molecule has 0 aliphatic carbocycles. The SMILES string of the molecule is Cc1ccc(SCC(=O)Nc2ccc(C(=O)NC(C)C(=O)O)cc2)c(C)c1. The van der Waals surface area contributed by atoms with E-state index in [1.165, 1.54) is 36.4 Å². The standard InChI is InChI=1S/C20H22N2O4S/c1-12-4-9-17(13(2)10-12)27-11-18(23)22-16-7-5-15(6-8-16)19(24)21-14(3)20(25)26/h4-10,14H,11H2,1-3H3,(H,21,24)(H,22,23)(H,25,26). The first-order valence-corrected chi connectivity index (χ1v) is 9.38. The van der Waals surface area contributed by atoms with Crippen molar-refractivity contribution >= 4 is 35.2 Å². The summed E-state index contributed by atoms with van der Waals surface area (Å²) in [6.07, 6.45) is 0. The molecule has 3 N–H and O–H groups in total. The Morgan fingerprint density at radius 2 is 1.74 bits per heavy atom. The van der Waals surface area contributed by atoms with Gasteiger partial charge in [-0.3, -0.25) is 14.4 Å². The Morgan fingerprint density at radius 1 is 1.07 bits per heavy atom. The molecule has 0 saturated carbocycles. The molecule has 0 heterocycles. The van der Waals surface area contributed by atoms with Crippen molar-refractivity contribution in [2.75, 3.05) is 11.1 Å². The summed E-state index contributed by atoms with van der Waals surface area (Å²) in [7, 11) is 0. The average molecular weight is 386 g/mol. The fourth-order valence-corrected chi connectivity index (χ4v) is 3.16. The van der Waals surface area contributed by atoms with Gasteiger partial charge in [0.1, 0.15) is 6.04 Å². The van der Waals surface area contributed by atoms with Crippen LogP contribution in [0.25, 0.3) is 0 Å². The molecule has 2 aromatic carbocycles. The van der Waals surface area contributed by atoms with Crippen LogP contribution >= 0.6 is 11.8 Å². The zero-order chi connectivity index (χ0) is 20.0. The molecule has 0 aliphatic rings. The van der Waals surface area contributed by atoms with Crippen LogP contribution in [0.1, 0.15) is 28.4 Å². The van der Waals surface area contributed by atoms with Crippen molar-refractivity contribution in [3.05, 3.63) is 59.2 Å². The van der Waals surface area contributed by atoms with E-state index in [1.54, 1.807) is 12.1 Å². The van der Waals surface area contributed by atoms with Gasteiger partial charge in [-0.25, -0.2) is 0 Å². The second kappa shape index (κ2) is 9.23. The molecule has 7 heteroatoms. The van der Waals surface area contributed by atoms with E-state index >= 15 is 0 Å². The molecule has 1 atom stereocenters. The molecule has 1 unspecified atom stereocenters. The second-order valence-electron chi connectivity index (χ2n) is 6.22. The van der Waals surface area contributed by atoms with Crippen molar-refractivity contribution in [1.29, 1.82) is 0 Å². The van der Waals surface area contributed by atoms with Crippen LogP contribution in [-0.2, 0) is 9.59 Å². The number of rotatable bonds is 7. The highest BCUT2D eigenvalue weighted by Crippen LogP contribution is 2.23. The van der Waals surface area contributed by atoms with Crippen LogP contribution in [0.4, 0.5) is 5.69 Å². The number of thioether (sulfide) groups is 1. The summed E-state index contributed by atoms with van der Waals surface area (Å²) in [5, 5.41) is 14.0. The summed E-state index contributed by atoms with van der Waals surface area (Å²) in [6.45, 7) is 5.44. The Morgan fingerprint density at radius 3 is 2.33 bits per heavy atom. The Balaban J connectivity index is 1.89. The summed E-state index contributed by atoms with van der Waals surface area (Å²) < 4.78 is 0. The molecular weight excluding hydrogens is 364 g/mol. The first-order valence-electron chi connectivity index (χ1n) is 8.40.